The number of carbonyl (C=O) groups is 1. The lowest BCUT2D eigenvalue weighted by molar-refractivity contribution is -0.126. The monoisotopic (exact) mass is 199 g/mol. The van der Waals surface area contributed by atoms with Crippen LogP contribution in [0.4, 0.5) is 0 Å². The Morgan fingerprint density at radius 1 is 1.57 bits per heavy atom. The molecule has 3 nitrogen and oxygen atoms in total. The van der Waals surface area contributed by atoms with Crippen molar-refractivity contribution in [3.8, 4) is 0 Å². The highest BCUT2D eigenvalue weighted by Gasteiger charge is 2.27. The molecular formula is C11H21NO2. The van der Waals surface area contributed by atoms with Crippen LogP contribution in [0, 0.1) is 5.92 Å². The van der Waals surface area contributed by atoms with Gasteiger partial charge in [-0.15, -0.1) is 0 Å². The van der Waals surface area contributed by atoms with E-state index < -0.39 is 0 Å². The Kier molecular flexibility index (Phi) is 3.67. The van der Waals surface area contributed by atoms with Gasteiger partial charge in [0.1, 0.15) is 5.78 Å². The van der Waals surface area contributed by atoms with Gasteiger partial charge >= 0.3 is 0 Å². The van der Waals surface area contributed by atoms with E-state index >= 15 is 0 Å². The normalized spacial score (nSPS) is 25.4. The van der Waals surface area contributed by atoms with Crippen LogP contribution in [0.2, 0.25) is 0 Å². The molecule has 0 amide bonds. The van der Waals surface area contributed by atoms with Crippen molar-refractivity contribution in [3.63, 3.8) is 0 Å². The summed E-state index contributed by atoms with van der Waals surface area (Å²) in [6.45, 7) is 8.83. The Hall–Kier alpha value is -0.410. The zero-order valence-electron chi connectivity index (χ0n) is 9.67. The fraction of sp³-hybridized carbons (Fsp3) is 0.909. The highest BCUT2D eigenvalue weighted by atomic mass is 16.5. The number of piperidine rings is 1. The highest BCUT2D eigenvalue weighted by Crippen LogP contribution is 2.16. The van der Waals surface area contributed by atoms with Crippen LogP contribution in [0.1, 0.15) is 27.2 Å². The maximum atomic E-state index is 11.3. The number of ketones is 1. The molecule has 1 aliphatic rings. The van der Waals surface area contributed by atoms with Crippen molar-refractivity contribution in [2.24, 2.45) is 5.92 Å². The van der Waals surface area contributed by atoms with Crippen LogP contribution in [0.15, 0.2) is 0 Å². The second-order valence-electron chi connectivity index (χ2n) is 4.82. The molecule has 1 atom stereocenters. The van der Waals surface area contributed by atoms with Gasteiger partial charge in [-0.25, -0.2) is 0 Å². The fourth-order valence-corrected chi connectivity index (χ4v) is 1.84. The number of likely N-dealkylation sites (tertiary alicyclic amines) is 1. The molecule has 0 radical (unpaired) electrons. The molecule has 0 aromatic carbocycles. The molecule has 3 heteroatoms. The van der Waals surface area contributed by atoms with Gasteiger partial charge in [-0.2, -0.15) is 0 Å². The number of ether oxygens (including phenoxy) is 1. The van der Waals surface area contributed by atoms with E-state index in [1.165, 1.54) is 0 Å². The van der Waals surface area contributed by atoms with Gasteiger partial charge in [-0.05, 0) is 13.8 Å². The minimum absolute atomic E-state index is 0.111. The van der Waals surface area contributed by atoms with Gasteiger partial charge in [-0.3, -0.25) is 9.69 Å². The van der Waals surface area contributed by atoms with Crippen LogP contribution in [-0.4, -0.2) is 43.0 Å². The predicted octanol–water partition coefficient (Wildman–Crippen LogP) is 1.32. The van der Waals surface area contributed by atoms with Gasteiger partial charge in [0, 0.05) is 39.1 Å². The average Bonchev–Trinajstić information content (AvgIpc) is 2.11. The largest absolute Gasteiger partial charge is 0.377 e. The summed E-state index contributed by atoms with van der Waals surface area (Å²) >= 11 is 0. The van der Waals surface area contributed by atoms with Crippen LogP contribution < -0.4 is 0 Å². The SMILES string of the molecule is COC(C)(C)CN1CCC(=O)C(C)C1. The van der Waals surface area contributed by atoms with E-state index in [4.69, 9.17) is 4.74 Å². The summed E-state index contributed by atoms with van der Waals surface area (Å²) in [4.78, 5) is 13.6. The molecule has 1 heterocycles. The van der Waals surface area contributed by atoms with Crippen molar-refractivity contribution < 1.29 is 9.53 Å². The second kappa shape index (κ2) is 4.41. The minimum atomic E-state index is -0.111. The molecule has 1 rings (SSSR count). The van der Waals surface area contributed by atoms with Crippen LogP contribution in [0.3, 0.4) is 0 Å². The maximum absolute atomic E-state index is 11.3. The second-order valence-corrected chi connectivity index (χ2v) is 4.82. The molecule has 0 N–H and O–H groups in total. The zero-order valence-corrected chi connectivity index (χ0v) is 9.67. The summed E-state index contributed by atoms with van der Waals surface area (Å²) < 4.78 is 5.38. The molecule has 0 aliphatic carbocycles. The van der Waals surface area contributed by atoms with Gasteiger partial charge in [-0.1, -0.05) is 6.92 Å². The minimum Gasteiger partial charge on any atom is -0.377 e. The van der Waals surface area contributed by atoms with Crippen molar-refractivity contribution in [1.29, 1.82) is 0 Å². The van der Waals surface area contributed by atoms with Crippen LogP contribution in [0.5, 0.6) is 0 Å². The summed E-state index contributed by atoms with van der Waals surface area (Å²) in [6, 6.07) is 0. The first-order valence-corrected chi connectivity index (χ1v) is 5.25. The van der Waals surface area contributed by atoms with Gasteiger partial charge < -0.3 is 4.74 Å². The number of Topliss-reactive ketones (excluding diaryl/α,β-unsaturated/α-hetero) is 1. The maximum Gasteiger partial charge on any atom is 0.138 e. The van der Waals surface area contributed by atoms with E-state index in [-0.39, 0.29) is 11.5 Å². The highest BCUT2D eigenvalue weighted by molar-refractivity contribution is 5.81. The standard InChI is InChI=1S/C11H21NO2/c1-9-7-12(6-5-10(9)13)8-11(2,3)14-4/h9H,5-8H2,1-4H3. The Labute approximate surface area is 86.4 Å². The van der Waals surface area contributed by atoms with Gasteiger partial charge in [0.25, 0.3) is 0 Å². The number of methoxy groups -OCH3 is 1. The van der Waals surface area contributed by atoms with Crippen molar-refractivity contribution in [2.45, 2.75) is 32.8 Å². The molecule has 14 heavy (non-hydrogen) atoms. The number of carbonyl (C=O) groups excluding carboxylic acids is 1. The van der Waals surface area contributed by atoms with E-state index in [2.05, 4.69) is 18.7 Å². The Morgan fingerprint density at radius 3 is 2.71 bits per heavy atom. The third-order valence-electron chi connectivity index (χ3n) is 2.91. The Bertz CT molecular complexity index is 213. The number of hydrogen-bond donors (Lipinski definition) is 0. The lowest BCUT2D eigenvalue weighted by Crippen LogP contribution is -2.46. The number of nitrogens with zero attached hydrogens (tertiary/aromatic N) is 1. The van der Waals surface area contributed by atoms with E-state index in [1.54, 1.807) is 7.11 Å². The number of hydrogen-bond acceptors (Lipinski definition) is 3. The summed E-state index contributed by atoms with van der Waals surface area (Å²) in [6.07, 6.45) is 0.695. The van der Waals surface area contributed by atoms with E-state index in [0.29, 0.717) is 12.2 Å². The topological polar surface area (TPSA) is 29.5 Å². The smallest absolute Gasteiger partial charge is 0.138 e. The van der Waals surface area contributed by atoms with E-state index in [9.17, 15) is 4.79 Å². The third kappa shape index (κ3) is 3.07. The first-order valence-electron chi connectivity index (χ1n) is 5.25. The van der Waals surface area contributed by atoms with Crippen LogP contribution >= 0.6 is 0 Å². The molecular weight excluding hydrogens is 178 g/mol. The Balaban J connectivity index is 2.44. The fourth-order valence-electron chi connectivity index (χ4n) is 1.84. The molecule has 1 unspecified atom stereocenters. The summed E-state index contributed by atoms with van der Waals surface area (Å²) in [5.74, 6) is 0.591. The molecule has 82 valence electrons. The lowest BCUT2D eigenvalue weighted by Gasteiger charge is -2.35. The Morgan fingerprint density at radius 2 is 2.21 bits per heavy atom. The summed E-state index contributed by atoms with van der Waals surface area (Å²) in [7, 11) is 1.73. The van der Waals surface area contributed by atoms with E-state index in [0.717, 1.165) is 19.6 Å². The van der Waals surface area contributed by atoms with Gasteiger partial charge in [0.2, 0.25) is 0 Å². The van der Waals surface area contributed by atoms with Crippen LogP contribution in [-0.2, 0) is 9.53 Å². The first-order chi connectivity index (χ1) is 6.44. The molecule has 0 spiro atoms. The van der Waals surface area contributed by atoms with Crippen LogP contribution in [0.25, 0.3) is 0 Å². The molecule has 0 aromatic rings. The molecule has 0 saturated carbocycles. The van der Waals surface area contributed by atoms with Crippen molar-refractivity contribution in [1.82, 2.24) is 4.90 Å². The average molecular weight is 199 g/mol. The number of rotatable bonds is 3. The molecule has 1 fully saturated rings. The molecule has 0 aromatic heterocycles. The predicted molar refractivity (Wildman–Crippen MR) is 56.3 cm³/mol. The quantitative estimate of drug-likeness (QED) is 0.686. The molecule has 1 saturated heterocycles. The van der Waals surface area contributed by atoms with Crippen molar-refractivity contribution in [3.05, 3.63) is 0 Å². The first kappa shape index (κ1) is 11.7. The lowest BCUT2D eigenvalue weighted by atomic mass is 9.97. The van der Waals surface area contributed by atoms with E-state index in [1.807, 2.05) is 6.92 Å². The van der Waals surface area contributed by atoms with Gasteiger partial charge in [0.05, 0.1) is 5.60 Å². The molecule has 0 bridgehead atoms. The zero-order chi connectivity index (χ0) is 10.8. The molecule has 1 aliphatic heterocycles. The summed E-state index contributed by atoms with van der Waals surface area (Å²) in [5, 5.41) is 0. The summed E-state index contributed by atoms with van der Waals surface area (Å²) in [5.41, 5.74) is -0.111. The van der Waals surface area contributed by atoms with Crippen molar-refractivity contribution >= 4 is 5.78 Å². The third-order valence-corrected chi connectivity index (χ3v) is 2.91. The van der Waals surface area contributed by atoms with Crippen molar-refractivity contribution in [2.75, 3.05) is 26.7 Å². The van der Waals surface area contributed by atoms with Gasteiger partial charge in [0.15, 0.2) is 0 Å².